The molecule has 0 aliphatic rings. The van der Waals surface area contributed by atoms with Crippen LogP contribution in [0.1, 0.15) is 13.3 Å². The number of hydrogen-bond acceptors (Lipinski definition) is 3. The first kappa shape index (κ1) is 13.5. The van der Waals surface area contributed by atoms with E-state index in [0.29, 0.717) is 6.54 Å². The molecule has 0 atom stereocenters. The average Bonchev–Trinajstić information content (AvgIpc) is 2.17. The van der Waals surface area contributed by atoms with Crippen molar-refractivity contribution < 1.29 is 14.7 Å². The van der Waals surface area contributed by atoms with Crippen LogP contribution in [-0.2, 0) is 9.59 Å². The van der Waals surface area contributed by atoms with Gasteiger partial charge < -0.3 is 15.3 Å². The molecular weight excluding hydrogens is 196 g/mol. The van der Waals surface area contributed by atoms with E-state index < -0.39 is 5.97 Å². The number of nitrogens with zero attached hydrogens (tertiary/aromatic N) is 1. The number of terminal acetylenes is 1. The molecule has 1 amide bonds. The Morgan fingerprint density at radius 3 is 2.67 bits per heavy atom. The summed E-state index contributed by atoms with van der Waals surface area (Å²) in [5.74, 6) is 0.973. The monoisotopic (exact) mass is 212 g/mol. The standard InChI is InChI=1S/C10H16N2O3/c1-3-7-12(8-10(14)15)9(13)5-6-11-4-2/h1,11H,4-8H2,2H3,(H,14,15). The number of carboxylic acid groups (broad SMARTS) is 1. The summed E-state index contributed by atoms with van der Waals surface area (Å²) in [7, 11) is 0. The van der Waals surface area contributed by atoms with Crippen LogP contribution in [0.5, 0.6) is 0 Å². The molecule has 0 spiro atoms. The molecule has 0 aromatic rings. The summed E-state index contributed by atoms with van der Waals surface area (Å²) in [6, 6.07) is 0. The summed E-state index contributed by atoms with van der Waals surface area (Å²) in [6.07, 6.45) is 5.31. The van der Waals surface area contributed by atoms with Crippen LogP contribution >= 0.6 is 0 Å². The van der Waals surface area contributed by atoms with Crippen molar-refractivity contribution in [2.24, 2.45) is 0 Å². The third kappa shape index (κ3) is 6.52. The largest absolute Gasteiger partial charge is 0.480 e. The van der Waals surface area contributed by atoms with Crippen LogP contribution in [0.3, 0.4) is 0 Å². The van der Waals surface area contributed by atoms with Gasteiger partial charge >= 0.3 is 5.97 Å². The zero-order valence-electron chi connectivity index (χ0n) is 8.82. The maximum Gasteiger partial charge on any atom is 0.323 e. The molecule has 0 saturated heterocycles. The van der Waals surface area contributed by atoms with Crippen molar-refractivity contribution in [3.05, 3.63) is 0 Å². The van der Waals surface area contributed by atoms with E-state index in [2.05, 4.69) is 11.2 Å². The fraction of sp³-hybridized carbons (Fsp3) is 0.600. The van der Waals surface area contributed by atoms with Gasteiger partial charge in [0.2, 0.25) is 5.91 Å². The van der Waals surface area contributed by atoms with Gasteiger partial charge in [0.15, 0.2) is 0 Å². The molecule has 0 aliphatic carbocycles. The lowest BCUT2D eigenvalue weighted by Crippen LogP contribution is -2.37. The molecule has 84 valence electrons. The lowest BCUT2D eigenvalue weighted by molar-refractivity contribution is -0.143. The second-order valence-corrected chi connectivity index (χ2v) is 2.95. The SMILES string of the molecule is C#CCN(CC(=O)O)C(=O)CCNCC. The summed E-state index contributed by atoms with van der Waals surface area (Å²) >= 11 is 0. The van der Waals surface area contributed by atoms with Gasteiger partial charge in [-0.05, 0) is 6.54 Å². The van der Waals surface area contributed by atoms with Gasteiger partial charge in [0, 0.05) is 13.0 Å². The van der Waals surface area contributed by atoms with Gasteiger partial charge in [-0.15, -0.1) is 6.42 Å². The lowest BCUT2D eigenvalue weighted by Gasteiger charge is -2.17. The van der Waals surface area contributed by atoms with E-state index in [1.807, 2.05) is 6.92 Å². The molecule has 0 saturated carbocycles. The smallest absolute Gasteiger partial charge is 0.323 e. The Labute approximate surface area is 89.4 Å². The predicted molar refractivity (Wildman–Crippen MR) is 56.2 cm³/mol. The second-order valence-electron chi connectivity index (χ2n) is 2.95. The van der Waals surface area contributed by atoms with Crippen LogP contribution in [0, 0.1) is 12.3 Å². The average molecular weight is 212 g/mol. The molecule has 5 heteroatoms. The Morgan fingerprint density at radius 2 is 2.20 bits per heavy atom. The minimum Gasteiger partial charge on any atom is -0.480 e. The molecule has 0 rings (SSSR count). The number of carbonyl (C=O) groups is 2. The predicted octanol–water partition coefficient (Wildman–Crippen LogP) is -0.468. The molecule has 0 heterocycles. The Bertz CT molecular complexity index is 258. The molecule has 0 fully saturated rings. The van der Waals surface area contributed by atoms with Gasteiger partial charge in [-0.1, -0.05) is 12.8 Å². The first-order valence-corrected chi connectivity index (χ1v) is 4.75. The van der Waals surface area contributed by atoms with E-state index in [-0.39, 0.29) is 25.4 Å². The minimum absolute atomic E-state index is 0.0389. The molecule has 0 aromatic heterocycles. The Kier molecular flexibility index (Phi) is 7.02. The van der Waals surface area contributed by atoms with Gasteiger partial charge in [-0.25, -0.2) is 0 Å². The van der Waals surface area contributed by atoms with Crippen molar-refractivity contribution >= 4 is 11.9 Å². The number of nitrogens with one attached hydrogen (secondary N) is 1. The van der Waals surface area contributed by atoms with Crippen LogP contribution in [0.4, 0.5) is 0 Å². The minimum atomic E-state index is -1.05. The third-order valence-electron chi connectivity index (χ3n) is 1.73. The van der Waals surface area contributed by atoms with E-state index in [1.165, 1.54) is 0 Å². The highest BCUT2D eigenvalue weighted by Gasteiger charge is 2.14. The van der Waals surface area contributed by atoms with E-state index in [9.17, 15) is 9.59 Å². The first-order valence-electron chi connectivity index (χ1n) is 4.75. The fourth-order valence-electron chi connectivity index (χ4n) is 1.04. The Balaban J connectivity index is 4.05. The lowest BCUT2D eigenvalue weighted by atomic mass is 10.3. The number of carbonyl (C=O) groups excluding carboxylic acids is 1. The van der Waals surface area contributed by atoms with Gasteiger partial charge in [-0.2, -0.15) is 0 Å². The van der Waals surface area contributed by atoms with Crippen LogP contribution in [0.2, 0.25) is 0 Å². The normalized spacial score (nSPS) is 9.33. The molecule has 0 radical (unpaired) electrons. The molecule has 2 N–H and O–H groups in total. The van der Waals surface area contributed by atoms with Gasteiger partial charge in [0.25, 0.3) is 0 Å². The van der Waals surface area contributed by atoms with Crippen LogP contribution in [0.25, 0.3) is 0 Å². The summed E-state index contributed by atoms with van der Waals surface area (Å²) < 4.78 is 0. The van der Waals surface area contributed by atoms with Gasteiger partial charge in [0.05, 0.1) is 6.54 Å². The highest BCUT2D eigenvalue weighted by molar-refractivity contribution is 5.81. The Morgan fingerprint density at radius 1 is 1.53 bits per heavy atom. The molecule has 0 unspecified atom stereocenters. The van der Waals surface area contributed by atoms with E-state index in [1.54, 1.807) is 0 Å². The van der Waals surface area contributed by atoms with E-state index in [4.69, 9.17) is 11.5 Å². The summed E-state index contributed by atoms with van der Waals surface area (Å²) in [4.78, 5) is 23.1. The number of hydrogen-bond donors (Lipinski definition) is 2. The fourth-order valence-corrected chi connectivity index (χ4v) is 1.04. The summed E-state index contributed by atoms with van der Waals surface area (Å²) in [5.41, 5.74) is 0. The molecule has 0 aromatic carbocycles. The van der Waals surface area contributed by atoms with E-state index in [0.717, 1.165) is 11.4 Å². The third-order valence-corrected chi connectivity index (χ3v) is 1.73. The quantitative estimate of drug-likeness (QED) is 0.442. The maximum absolute atomic E-state index is 11.5. The highest BCUT2D eigenvalue weighted by Crippen LogP contribution is 1.93. The maximum atomic E-state index is 11.5. The number of rotatable bonds is 7. The van der Waals surface area contributed by atoms with Crippen molar-refractivity contribution in [3.63, 3.8) is 0 Å². The van der Waals surface area contributed by atoms with Gasteiger partial charge in [0.1, 0.15) is 6.54 Å². The van der Waals surface area contributed by atoms with Crippen molar-refractivity contribution in [3.8, 4) is 12.3 Å². The van der Waals surface area contributed by atoms with Crippen LogP contribution in [0.15, 0.2) is 0 Å². The molecule has 0 bridgehead atoms. The summed E-state index contributed by atoms with van der Waals surface area (Å²) in [6.45, 7) is 2.95. The number of amides is 1. The molecule has 0 aliphatic heterocycles. The second kappa shape index (κ2) is 7.83. The van der Waals surface area contributed by atoms with Crippen LogP contribution in [-0.4, -0.2) is 48.1 Å². The number of aliphatic carboxylic acids is 1. The zero-order chi connectivity index (χ0) is 11.7. The zero-order valence-corrected chi connectivity index (χ0v) is 8.82. The highest BCUT2D eigenvalue weighted by atomic mass is 16.4. The molecule has 15 heavy (non-hydrogen) atoms. The number of carboxylic acids is 1. The van der Waals surface area contributed by atoms with Crippen LogP contribution < -0.4 is 5.32 Å². The molecule has 5 nitrogen and oxygen atoms in total. The van der Waals surface area contributed by atoms with Gasteiger partial charge in [-0.3, -0.25) is 9.59 Å². The topological polar surface area (TPSA) is 69.6 Å². The summed E-state index contributed by atoms with van der Waals surface area (Å²) in [5, 5.41) is 11.5. The van der Waals surface area contributed by atoms with Crippen molar-refractivity contribution in [1.29, 1.82) is 0 Å². The van der Waals surface area contributed by atoms with Crippen molar-refractivity contribution in [1.82, 2.24) is 10.2 Å². The van der Waals surface area contributed by atoms with Crippen molar-refractivity contribution in [2.75, 3.05) is 26.2 Å². The Hall–Kier alpha value is -1.54. The first-order chi connectivity index (χ1) is 7.11. The van der Waals surface area contributed by atoms with Crippen molar-refractivity contribution in [2.45, 2.75) is 13.3 Å². The molecular formula is C10H16N2O3. The van der Waals surface area contributed by atoms with E-state index >= 15 is 0 Å².